The van der Waals surface area contributed by atoms with Crippen molar-refractivity contribution in [2.45, 2.75) is 51.5 Å². The summed E-state index contributed by atoms with van der Waals surface area (Å²) in [6.45, 7) is 8.73. The number of anilines is 1. The minimum atomic E-state index is -0.847. The van der Waals surface area contributed by atoms with Gasteiger partial charge >= 0.3 is 5.97 Å². The number of rotatable bonds is 2. The second-order valence-electron chi connectivity index (χ2n) is 8.87. The van der Waals surface area contributed by atoms with Gasteiger partial charge in [-0.3, -0.25) is 0 Å². The molecular formula is C24H27NO2. The van der Waals surface area contributed by atoms with Crippen LogP contribution in [0.4, 0.5) is 5.69 Å². The fraction of sp³-hybridized carbons (Fsp3) is 0.375. The maximum absolute atomic E-state index is 11.8. The molecule has 3 heteroatoms. The van der Waals surface area contributed by atoms with E-state index in [1.54, 1.807) is 6.07 Å². The summed E-state index contributed by atoms with van der Waals surface area (Å²) in [6.07, 6.45) is 5.37. The van der Waals surface area contributed by atoms with Gasteiger partial charge in [-0.1, -0.05) is 63.3 Å². The summed E-state index contributed by atoms with van der Waals surface area (Å²) in [5.74, 6) is -0.350. The van der Waals surface area contributed by atoms with Gasteiger partial charge in [0, 0.05) is 11.6 Å². The largest absolute Gasteiger partial charge is 0.478 e. The minimum absolute atomic E-state index is 0.134. The normalized spacial score (nSPS) is 23.5. The molecule has 1 heterocycles. The van der Waals surface area contributed by atoms with Crippen molar-refractivity contribution in [3.05, 3.63) is 76.4 Å². The van der Waals surface area contributed by atoms with Crippen LogP contribution in [0.25, 0.3) is 0 Å². The van der Waals surface area contributed by atoms with Crippen molar-refractivity contribution >= 4 is 11.7 Å². The third-order valence-corrected chi connectivity index (χ3v) is 6.09. The monoisotopic (exact) mass is 361 g/mol. The zero-order valence-corrected chi connectivity index (χ0v) is 16.4. The highest BCUT2D eigenvalue weighted by atomic mass is 16.4. The molecule has 0 spiro atoms. The lowest BCUT2D eigenvalue weighted by molar-refractivity contribution is 0.0695. The Labute approximate surface area is 161 Å². The average Bonchev–Trinajstić information content (AvgIpc) is 3.10. The maximum Gasteiger partial charge on any atom is 0.336 e. The number of aromatic carboxylic acids is 1. The molecule has 2 aliphatic rings. The standard InChI is InChI=1S/C24H27NO2/c1-14-8-13-19(23(26)27)20-17-6-5-7-18(17)22(25-21(14)20)15-9-11-16(12-10-15)24(2,3)4/h5-6,8-13,17-18,22,25H,7H2,1-4H3,(H,26,27)/t17-,18+,22-/m1/s1. The Morgan fingerprint density at radius 1 is 1.11 bits per heavy atom. The van der Waals surface area contributed by atoms with Gasteiger partial charge in [-0.25, -0.2) is 4.79 Å². The average molecular weight is 361 g/mol. The molecule has 1 aliphatic carbocycles. The summed E-state index contributed by atoms with van der Waals surface area (Å²) >= 11 is 0. The van der Waals surface area contributed by atoms with Gasteiger partial charge in [0.15, 0.2) is 0 Å². The molecule has 0 saturated carbocycles. The van der Waals surface area contributed by atoms with Crippen LogP contribution in [0, 0.1) is 12.8 Å². The predicted molar refractivity (Wildman–Crippen MR) is 110 cm³/mol. The van der Waals surface area contributed by atoms with Gasteiger partial charge in [-0.05, 0) is 53.0 Å². The quantitative estimate of drug-likeness (QED) is 0.663. The van der Waals surface area contributed by atoms with Gasteiger partial charge in [0.1, 0.15) is 0 Å². The first kappa shape index (κ1) is 17.8. The lowest BCUT2D eigenvalue weighted by Crippen LogP contribution is -2.31. The number of benzene rings is 2. The predicted octanol–water partition coefficient (Wildman–Crippen LogP) is 5.82. The SMILES string of the molecule is Cc1ccc(C(=O)O)c2c1N[C@H](c1ccc(C(C)(C)C)cc1)[C@H]1CC=C[C@@H]21. The number of carboxylic acids is 1. The van der Waals surface area contributed by atoms with Crippen molar-refractivity contribution in [1.29, 1.82) is 0 Å². The lowest BCUT2D eigenvalue weighted by Gasteiger charge is -2.39. The van der Waals surface area contributed by atoms with Gasteiger partial charge < -0.3 is 10.4 Å². The summed E-state index contributed by atoms with van der Waals surface area (Å²) in [5.41, 5.74) is 6.20. The van der Waals surface area contributed by atoms with Crippen LogP contribution >= 0.6 is 0 Å². The van der Waals surface area contributed by atoms with E-state index in [4.69, 9.17) is 0 Å². The molecular weight excluding hydrogens is 334 g/mol. The number of carboxylic acid groups (broad SMARTS) is 1. The Morgan fingerprint density at radius 2 is 1.81 bits per heavy atom. The Morgan fingerprint density at radius 3 is 2.44 bits per heavy atom. The summed E-state index contributed by atoms with van der Waals surface area (Å²) in [6, 6.07) is 12.8. The fourth-order valence-corrected chi connectivity index (χ4v) is 4.56. The first-order valence-electron chi connectivity index (χ1n) is 9.68. The minimum Gasteiger partial charge on any atom is -0.478 e. The molecule has 0 unspecified atom stereocenters. The third kappa shape index (κ3) is 2.95. The van der Waals surface area contributed by atoms with E-state index in [0.717, 1.165) is 23.2 Å². The summed E-state index contributed by atoms with van der Waals surface area (Å²) in [5, 5.41) is 13.4. The van der Waals surface area contributed by atoms with Gasteiger partial charge in [0.2, 0.25) is 0 Å². The highest BCUT2D eigenvalue weighted by Gasteiger charge is 2.40. The molecule has 3 nitrogen and oxygen atoms in total. The molecule has 4 rings (SSSR count). The molecule has 2 aromatic rings. The Kier molecular flexibility index (Phi) is 4.14. The number of nitrogens with one attached hydrogen (secondary N) is 1. The molecule has 0 radical (unpaired) electrons. The molecule has 0 aromatic heterocycles. The van der Waals surface area contributed by atoms with E-state index in [1.165, 1.54) is 11.1 Å². The maximum atomic E-state index is 11.8. The Balaban J connectivity index is 1.79. The first-order chi connectivity index (χ1) is 12.8. The lowest BCUT2D eigenvalue weighted by atomic mass is 9.74. The van der Waals surface area contributed by atoms with Crippen LogP contribution in [0.2, 0.25) is 0 Å². The van der Waals surface area contributed by atoms with Crippen molar-refractivity contribution in [3.8, 4) is 0 Å². The molecule has 140 valence electrons. The van der Waals surface area contributed by atoms with Gasteiger partial charge in [-0.2, -0.15) is 0 Å². The molecule has 1 aliphatic heterocycles. The van der Waals surface area contributed by atoms with Crippen LogP contribution < -0.4 is 5.32 Å². The van der Waals surface area contributed by atoms with Crippen molar-refractivity contribution in [2.75, 3.05) is 5.32 Å². The highest BCUT2D eigenvalue weighted by molar-refractivity contribution is 5.93. The van der Waals surface area contributed by atoms with Crippen LogP contribution in [0.5, 0.6) is 0 Å². The first-order valence-corrected chi connectivity index (χ1v) is 9.68. The number of fused-ring (bicyclic) bond motifs is 3. The zero-order chi connectivity index (χ0) is 19.3. The topological polar surface area (TPSA) is 49.3 Å². The third-order valence-electron chi connectivity index (χ3n) is 6.09. The van der Waals surface area contributed by atoms with Gasteiger partial charge in [-0.15, -0.1) is 0 Å². The Bertz CT molecular complexity index is 919. The number of carbonyl (C=O) groups is 1. The van der Waals surface area contributed by atoms with E-state index in [-0.39, 0.29) is 17.4 Å². The van der Waals surface area contributed by atoms with Crippen LogP contribution in [0.1, 0.15) is 71.8 Å². The number of hydrogen-bond donors (Lipinski definition) is 2. The molecule has 0 saturated heterocycles. The van der Waals surface area contributed by atoms with Crippen LogP contribution in [0.15, 0.2) is 48.6 Å². The highest BCUT2D eigenvalue weighted by Crippen LogP contribution is 2.51. The van der Waals surface area contributed by atoms with Crippen molar-refractivity contribution < 1.29 is 9.90 Å². The van der Waals surface area contributed by atoms with Crippen LogP contribution in [-0.2, 0) is 5.41 Å². The second-order valence-corrected chi connectivity index (χ2v) is 8.87. The molecule has 0 bridgehead atoms. The fourth-order valence-electron chi connectivity index (χ4n) is 4.56. The van der Waals surface area contributed by atoms with Gasteiger partial charge in [0.05, 0.1) is 11.6 Å². The van der Waals surface area contributed by atoms with Gasteiger partial charge in [0.25, 0.3) is 0 Å². The summed E-state index contributed by atoms with van der Waals surface area (Å²) in [4.78, 5) is 11.8. The van der Waals surface area contributed by atoms with E-state index in [1.807, 2.05) is 6.07 Å². The van der Waals surface area contributed by atoms with E-state index in [9.17, 15) is 9.90 Å². The number of hydrogen-bond acceptors (Lipinski definition) is 2. The van der Waals surface area contributed by atoms with Crippen LogP contribution in [-0.4, -0.2) is 11.1 Å². The van der Waals surface area contributed by atoms with E-state index < -0.39 is 5.97 Å². The van der Waals surface area contributed by atoms with E-state index in [0.29, 0.717) is 11.5 Å². The molecule has 27 heavy (non-hydrogen) atoms. The molecule has 0 amide bonds. The zero-order valence-electron chi connectivity index (χ0n) is 16.4. The molecule has 2 N–H and O–H groups in total. The number of allylic oxidation sites excluding steroid dienone is 2. The second kappa shape index (κ2) is 6.26. The summed E-state index contributed by atoms with van der Waals surface area (Å²) in [7, 11) is 0. The van der Waals surface area contributed by atoms with Crippen molar-refractivity contribution in [3.63, 3.8) is 0 Å². The molecule has 3 atom stereocenters. The van der Waals surface area contributed by atoms with Crippen LogP contribution in [0.3, 0.4) is 0 Å². The molecule has 0 fully saturated rings. The van der Waals surface area contributed by atoms with Crippen molar-refractivity contribution in [1.82, 2.24) is 0 Å². The van der Waals surface area contributed by atoms with Crippen molar-refractivity contribution in [2.24, 2.45) is 5.92 Å². The van der Waals surface area contributed by atoms with E-state index >= 15 is 0 Å². The molecule has 2 aromatic carbocycles. The summed E-state index contributed by atoms with van der Waals surface area (Å²) < 4.78 is 0. The van der Waals surface area contributed by atoms with E-state index in [2.05, 4.69) is 69.4 Å². The smallest absolute Gasteiger partial charge is 0.336 e. The number of aryl methyl sites for hydroxylation is 1. The Hall–Kier alpha value is -2.55.